The van der Waals surface area contributed by atoms with Crippen molar-refractivity contribution < 1.29 is 14.3 Å². The minimum atomic E-state index is -0.389. The molecule has 234 valence electrons. The van der Waals surface area contributed by atoms with E-state index < -0.39 is 0 Å². The Labute approximate surface area is 264 Å². The molecule has 0 bridgehead atoms. The number of likely N-dealkylation sites (N-methyl/N-ethyl adjacent to an activating group) is 1. The van der Waals surface area contributed by atoms with Crippen molar-refractivity contribution in [3.8, 4) is 0 Å². The number of pyridine rings is 1. The van der Waals surface area contributed by atoms with Crippen molar-refractivity contribution in [2.24, 2.45) is 4.99 Å². The van der Waals surface area contributed by atoms with E-state index in [2.05, 4.69) is 37.5 Å². The molecule has 43 heavy (non-hydrogen) atoms. The molecule has 8 nitrogen and oxygen atoms in total. The fraction of sp³-hybridized carbons (Fsp3) is 0.469. The molecule has 11 heteroatoms. The highest BCUT2D eigenvalue weighted by Crippen LogP contribution is 2.28. The number of thioether (sulfide) groups is 1. The lowest BCUT2D eigenvalue weighted by atomic mass is 9.91. The standard InChI is InChI=1S/C23H26ClFN4O2S.C9H18N2/c1-4-5-16(19-13-17(24)6-7-20(19)25)12-21(23(26-3)32-11-10-30)29-18-8-9-27-22(14-18)28-15(2)31;1-10-5-7-11(8-6-10)9-3-2-4-9/h5-9,12-14,30H,4,10-11H2,1-3H3,(H2,27,28,29,31);9H,2-8H2,1H3/b16-5-,21-12+,26-23?;. The van der Waals surface area contributed by atoms with Gasteiger partial charge in [0.1, 0.15) is 16.7 Å². The largest absolute Gasteiger partial charge is 0.396 e. The van der Waals surface area contributed by atoms with Gasteiger partial charge in [-0.2, -0.15) is 0 Å². The van der Waals surface area contributed by atoms with Gasteiger partial charge in [0.15, 0.2) is 0 Å². The Morgan fingerprint density at radius 3 is 2.56 bits per heavy atom. The van der Waals surface area contributed by atoms with E-state index in [0.717, 1.165) is 6.04 Å². The van der Waals surface area contributed by atoms with Crippen LogP contribution in [0.3, 0.4) is 0 Å². The Morgan fingerprint density at radius 1 is 1.21 bits per heavy atom. The van der Waals surface area contributed by atoms with E-state index in [1.54, 1.807) is 37.5 Å². The molecule has 0 unspecified atom stereocenters. The van der Waals surface area contributed by atoms with E-state index in [4.69, 9.17) is 11.6 Å². The molecule has 3 N–H and O–H groups in total. The number of carbonyl (C=O) groups is 1. The molecule has 2 fully saturated rings. The SMILES string of the molecule is CC/C=C(/C=C(/Nc1ccnc(NC(C)=O)c1)C(=NC)SCCO)c1cc(Cl)ccc1F.CN1CCN(C2CCC2)CC1. The maximum Gasteiger partial charge on any atom is 0.222 e. The van der Waals surface area contributed by atoms with Crippen LogP contribution in [0.1, 0.15) is 45.1 Å². The Balaban J connectivity index is 0.000000380. The van der Waals surface area contributed by atoms with Crippen LogP contribution in [-0.2, 0) is 4.79 Å². The third kappa shape index (κ3) is 11.4. The number of rotatable bonds is 10. The van der Waals surface area contributed by atoms with Gasteiger partial charge in [0.05, 0.1) is 12.3 Å². The summed E-state index contributed by atoms with van der Waals surface area (Å²) in [4.78, 5) is 24.9. The molecule has 0 radical (unpaired) electrons. The number of aliphatic imine (C=N–C) groups is 1. The predicted octanol–water partition coefficient (Wildman–Crippen LogP) is 6.16. The highest BCUT2D eigenvalue weighted by Gasteiger charge is 2.26. The van der Waals surface area contributed by atoms with Gasteiger partial charge >= 0.3 is 0 Å². The second-order valence-electron chi connectivity index (χ2n) is 10.5. The number of halogens is 2. The summed E-state index contributed by atoms with van der Waals surface area (Å²) in [5.41, 5.74) is 2.26. The van der Waals surface area contributed by atoms with Crippen molar-refractivity contribution >= 4 is 51.4 Å². The fourth-order valence-electron chi connectivity index (χ4n) is 4.75. The van der Waals surface area contributed by atoms with Crippen LogP contribution in [-0.4, -0.2) is 89.5 Å². The first-order chi connectivity index (χ1) is 20.7. The quantitative estimate of drug-likeness (QED) is 0.164. The highest BCUT2D eigenvalue weighted by molar-refractivity contribution is 8.14. The Hall–Kier alpha value is -2.76. The Morgan fingerprint density at radius 2 is 1.95 bits per heavy atom. The monoisotopic (exact) mass is 630 g/mol. The molecule has 0 spiro atoms. The molecular formula is C32H44ClFN6O2S. The van der Waals surface area contributed by atoms with E-state index in [9.17, 15) is 14.3 Å². The predicted molar refractivity (Wildman–Crippen MR) is 180 cm³/mol. The van der Waals surface area contributed by atoms with Crippen LogP contribution < -0.4 is 10.6 Å². The number of nitrogens with one attached hydrogen (secondary N) is 2. The van der Waals surface area contributed by atoms with Crippen LogP contribution in [0.4, 0.5) is 15.9 Å². The second kappa shape index (κ2) is 18.1. The number of piperazine rings is 1. The highest BCUT2D eigenvalue weighted by atomic mass is 35.5. The molecular weight excluding hydrogens is 587 g/mol. The van der Waals surface area contributed by atoms with Crippen molar-refractivity contribution in [3.63, 3.8) is 0 Å². The molecule has 1 aromatic heterocycles. The molecule has 2 aromatic rings. The first-order valence-corrected chi connectivity index (χ1v) is 16.1. The summed E-state index contributed by atoms with van der Waals surface area (Å²) in [6, 6.07) is 8.80. The fourth-order valence-corrected chi connectivity index (χ4v) is 5.60. The summed E-state index contributed by atoms with van der Waals surface area (Å²) in [7, 11) is 3.87. The minimum absolute atomic E-state index is 0.0144. The number of benzene rings is 1. The zero-order chi connectivity index (χ0) is 31.2. The van der Waals surface area contributed by atoms with Crippen LogP contribution in [0.5, 0.6) is 0 Å². The summed E-state index contributed by atoms with van der Waals surface area (Å²) in [5.74, 6) is 0.214. The number of aliphatic hydroxyl groups is 1. The molecule has 1 amide bonds. The van der Waals surface area contributed by atoms with Crippen LogP contribution >= 0.6 is 23.4 Å². The Bertz CT molecular complexity index is 1290. The van der Waals surface area contributed by atoms with Crippen molar-refractivity contribution in [2.45, 2.75) is 45.6 Å². The topological polar surface area (TPSA) is 93.1 Å². The molecule has 2 heterocycles. The Kier molecular flexibility index (Phi) is 14.7. The molecule has 4 rings (SSSR count). The maximum absolute atomic E-state index is 14.6. The molecule has 1 saturated carbocycles. The van der Waals surface area contributed by atoms with E-state index in [1.165, 1.54) is 76.3 Å². The van der Waals surface area contributed by atoms with Gasteiger partial charge in [-0.25, -0.2) is 9.37 Å². The van der Waals surface area contributed by atoms with Gasteiger partial charge in [-0.1, -0.05) is 31.0 Å². The van der Waals surface area contributed by atoms with Crippen LogP contribution in [0.25, 0.3) is 5.57 Å². The summed E-state index contributed by atoms with van der Waals surface area (Å²) in [6.45, 7) is 8.51. The average Bonchev–Trinajstić information content (AvgIpc) is 2.95. The smallest absolute Gasteiger partial charge is 0.222 e. The van der Waals surface area contributed by atoms with Crippen LogP contribution in [0.15, 0.2) is 59.4 Å². The van der Waals surface area contributed by atoms with Gasteiger partial charge < -0.3 is 20.6 Å². The molecule has 1 aromatic carbocycles. The van der Waals surface area contributed by atoms with Gasteiger partial charge in [-0.05, 0) is 62.2 Å². The number of anilines is 2. The number of nitrogens with zero attached hydrogens (tertiary/aromatic N) is 4. The first-order valence-electron chi connectivity index (χ1n) is 14.7. The van der Waals surface area contributed by atoms with Crippen molar-refractivity contribution in [3.05, 3.63) is 70.8 Å². The molecule has 2 aliphatic rings. The van der Waals surface area contributed by atoms with E-state index in [-0.39, 0.29) is 18.3 Å². The number of carbonyl (C=O) groups excluding carboxylic acids is 1. The van der Waals surface area contributed by atoms with Gasteiger partial charge in [-0.3, -0.25) is 14.7 Å². The van der Waals surface area contributed by atoms with Gasteiger partial charge in [0.2, 0.25) is 5.91 Å². The third-order valence-corrected chi connectivity index (χ3v) is 8.50. The molecule has 1 saturated heterocycles. The van der Waals surface area contributed by atoms with Gasteiger partial charge in [0.25, 0.3) is 0 Å². The zero-order valence-corrected chi connectivity index (χ0v) is 27.1. The third-order valence-electron chi connectivity index (χ3n) is 7.20. The lowest BCUT2D eigenvalue weighted by Crippen LogP contribution is -2.51. The molecule has 1 aliphatic carbocycles. The molecule has 0 atom stereocenters. The van der Waals surface area contributed by atoms with Crippen molar-refractivity contribution in [1.29, 1.82) is 0 Å². The number of aliphatic hydroxyl groups excluding tert-OH is 1. The minimum Gasteiger partial charge on any atom is -0.396 e. The summed E-state index contributed by atoms with van der Waals surface area (Å²) in [6.07, 6.45) is 10.3. The number of aromatic nitrogens is 1. The van der Waals surface area contributed by atoms with Crippen LogP contribution in [0.2, 0.25) is 5.02 Å². The zero-order valence-electron chi connectivity index (χ0n) is 25.6. The van der Waals surface area contributed by atoms with Gasteiger partial charge in [0, 0.05) is 80.5 Å². The lowest BCUT2D eigenvalue weighted by Gasteiger charge is -2.42. The van der Waals surface area contributed by atoms with Gasteiger partial charge in [-0.15, -0.1) is 11.8 Å². The summed E-state index contributed by atoms with van der Waals surface area (Å²) >= 11 is 7.48. The normalized spacial score (nSPS) is 17.1. The lowest BCUT2D eigenvalue weighted by molar-refractivity contribution is -0.114. The van der Waals surface area contributed by atoms with Crippen LogP contribution in [0, 0.1) is 5.82 Å². The second-order valence-corrected chi connectivity index (χ2v) is 12.0. The summed E-state index contributed by atoms with van der Waals surface area (Å²) in [5, 5.41) is 16.3. The summed E-state index contributed by atoms with van der Waals surface area (Å²) < 4.78 is 14.6. The number of allylic oxidation sites excluding steroid dienone is 3. The van der Waals surface area contributed by atoms with E-state index in [1.807, 2.05) is 13.0 Å². The van der Waals surface area contributed by atoms with Crippen molar-refractivity contribution in [2.75, 3.05) is 63.3 Å². The van der Waals surface area contributed by atoms with E-state index in [0.29, 0.717) is 50.6 Å². The number of amides is 1. The first kappa shape index (κ1) is 34.7. The number of hydrogen-bond donors (Lipinski definition) is 3. The molecule has 1 aliphatic heterocycles. The number of hydrogen-bond acceptors (Lipinski definition) is 8. The van der Waals surface area contributed by atoms with Crippen molar-refractivity contribution in [1.82, 2.24) is 14.8 Å². The van der Waals surface area contributed by atoms with E-state index >= 15 is 0 Å². The maximum atomic E-state index is 14.6. The average molecular weight is 631 g/mol.